The largest absolute Gasteiger partial charge is 0.478 e. The highest BCUT2D eigenvalue weighted by atomic mass is 19.1. The first-order valence-corrected chi connectivity index (χ1v) is 5.84. The monoisotopic (exact) mass is 299 g/mol. The minimum Gasteiger partial charge on any atom is -0.478 e. The van der Waals surface area contributed by atoms with Gasteiger partial charge in [-0.25, -0.2) is 14.0 Å². The van der Waals surface area contributed by atoms with Crippen LogP contribution in [-0.4, -0.2) is 42.8 Å². The molecular formula is C12H14FN3O5. The van der Waals surface area contributed by atoms with Crippen LogP contribution in [0.25, 0.3) is 0 Å². The van der Waals surface area contributed by atoms with Crippen LogP contribution in [0.15, 0.2) is 18.2 Å². The molecule has 0 saturated carbocycles. The van der Waals surface area contributed by atoms with Crippen molar-refractivity contribution < 1.29 is 28.6 Å². The highest BCUT2D eigenvalue weighted by Crippen LogP contribution is 2.14. The van der Waals surface area contributed by atoms with Crippen LogP contribution in [-0.2, 0) is 9.53 Å². The Bertz CT molecular complexity index is 550. The molecule has 21 heavy (non-hydrogen) atoms. The van der Waals surface area contributed by atoms with E-state index in [1.807, 2.05) is 0 Å². The van der Waals surface area contributed by atoms with Crippen molar-refractivity contribution in [2.75, 3.05) is 25.1 Å². The second-order valence-electron chi connectivity index (χ2n) is 3.90. The van der Waals surface area contributed by atoms with E-state index < -0.39 is 29.3 Å². The van der Waals surface area contributed by atoms with Gasteiger partial charge in [-0.3, -0.25) is 4.79 Å². The maximum Gasteiger partial charge on any atom is 0.338 e. The summed E-state index contributed by atoms with van der Waals surface area (Å²) in [5, 5.41) is 13.4. The Labute approximate surface area is 119 Å². The van der Waals surface area contributed by atoms with Crippen LogP contribution < -0.4 is 16.4 Å². The zero-order valence-corrected chi connectivity index (χ0v) is 10.9. The highest BCUT2D eigenvalue weighted by molar-refractivity contribution is 5.91. The van der Waals surface area contributed by atoms with Gasteiger partial charge in [-0.05, 0) is 18.2 Å². The zero-order chi connectivity index (χ0) is 15.8. The smallest absolute Gasteiger partial charge is 0.338 e. The Hall–Kier alpha value is -2.68. The van der Waals surface area contributed by atoms with Crippen molar-refractivity contribution in [1.82, 2.24) is 5.32 Å². The van der Waals surface area contributed by atoms with Gasteiger partial charge in [0.1, 0.15) is 12.4 Å². The average Bonchev–Trinajstić information content (AvgIpc) is 2.37. The number of carbonyl (C=O) groups excluding carboxylic acids is 2. The summed E-state index contributed by atoms with van der Waals surface area (Å²) in [5.74, 6) is -2.96. The average molecular weight is 299 g/mol. The molecule has 1 aromatic carbocycles. The number of halogens is 1. The van der Waals surface area contributed by atoms with Crippen LogP contribution in [0.4, 0.5) is 14.9 Å². The van der Waals surface area contributed by atoms with Gasteiger partial charge in [-0.15, -0.1) is 0 Å². The molecule has 0 aliphatic carbocycles. The molecule has 1 aromatic rings. The summed E-state index contributed by atoms with van der Waals surface area (Å²) in [6, 6.07) is 2.58. The highest BCUT2D eigenvalue weighted by Gasteiger charge is 2.11. The lowest BCUT2D eigenvalue weighted by molar-refractivity contribution is -0.122. The number of ether oxygens (including phenoxy) is 1. The fourth-order valence-electron chi connectivity index (χ4n) is 1.35. The van der Waals surface area contributed by atoms with E-state index in [9.17, 15) is 18.8 Å². The van der Waals surface area contributed by atoms with Gasteiger partial charge in [-0.1, -0.05) is 0 Å². The van der Waals surface area contributed by atoms with E-state index in [0.29, 0.717) is 0 Å². The third-order valence-corrected chi connectivity index (χ3v) is 2.23. The molecule has 0 aliphatic rings. The lowest BCUT2D eigenvalue weighted by Crippen LogP contribution is -2.32. The van der Waals surface area contributed by atoms with E-state index >= 15 is 0 Å². The Morgan fingerprint density at radius 1 is 1.33 bits per heavy atom. The molecule has 3 amide bonds. The van der Waals surface area contributed by atoms with Crippen LogP contribution in [0.5, 0.6) is 0 Å². The molecule has 0 atom stereocenters. The van der Waals surface area contributed by atoms with Gasteiger partial charge in [-0.2, -0.15) is 0 Å². The van der Waals surface area contributed by atoms with Gasteiger partial charge < -0.3 is 26.2 Å². The Morgan fingerprint density at radius 3 is 2.62 bits per heavy atom. The van der Waals surface area contributed by atoms with Gasteiger partial charge in [0.25, 0.3) is 0 Å². The number of hydrogen-bond donors (Lipinski definition) is 4. The summed E-state index contributed by atoms with van der Waals surface area (Å²) in [7, 11) is 0. The summed E-state index contributed by atoms with van der Waals surface area (Å²) in [6.07, 6.45) is 0. The standard InChI is InChI=1S/C12H14FN3O5/c13-9-5-7(1-2-8(9)11(18)19)16-12(20)15-3-4-21-6-10(14)17/h1-2,5H,3-4,6H2,(H2,14,17)(H,18,19)(H2,15,16,20). The number of nitrogens with one attached hydrogen (secondary N) is 2. The molecule has 114 valence electrons. The number of carbonyl (C=O) groups is 3. The molecule has 1 rings (SSSR count). The maximum atomic E-state index is 13.4. The molecule has 0 aliphatic heterocycles. The minimum absolute atomic E-state index is 0.0860. The molecule has 0 radical (unpaired) electrons. The van der Waals surface area contributed by atoms with Gasteiger partial charge in [0.2, 0.25) is 5.91 Å². The first-order valence-electron chi connectivity index (χ1n) is 5.84. The number of amides is 3. The molecule has 0 saturated heterocycles. The summed E-state index contributed by atoms with van der Waals surface area (Å²) in [4.78, 5) is 32.4. The normalized spacial score (nSPS) is 9.95. The van der Waals surface area contributed by atoms with E-state index in [4.69, 9.17) is 15.6 Å². The molecule has 0 bridgehead atoms. The Morgan fingerprint density at radius 2 is 2.05 bits per heavy atom. The summed E-state index contributed by atoms with van der Waals surface area (Å²) >= 11 is 0. The number of benzene rings is 1. The van der Waals surface area contributed by atoms with Gasteiger partial charge >= 0.3 is 12.0 Å². The van der Waals surface area contributed by atoms with Crippen LogP contribution in [0.1, 0.15) is 10.4 Å². The number of urea groups is 1. The van der Waals surface area contributed by atoms with Gasteiger partial charge in [0.15, 0.2) is 0 Å². The first kappa shape index (κ1) is 16.4. The molecule has 0 unspecified atom stereocenters. The molecular weight excluding hydrogens is 285 g/mol. The number of carboxylic acids is 1. The zero-order valence-electron chi connectivity index (χ0n) is 10.9. The van der Waals surface area contributed by atoms with Crippen LogP contribution >= 0.6 is 0 Å². The van der Waals surface area contributed by atoms with E-state index in [-0.39, 0.29) is 25.4 Å². The lowest BCUT2D eigenvalue weighted by atomic mass is 10.2. The summed E-state index contributed by atoms with van der Waals surface area (Å²) in [5.41, 5.74) is 4.46. The SMILES string of the molecule is NC(=O)COCCNC(=O)Nc1ccc(C(=O)O)c(F)c1. The van der Waals surface area contributed by atoms with Gasteiger partial charge in [0.05, 0.1) is 12.2 Å². The topological polar surface area (TPSA) is 131 Å². The third kappa shape index (κ3) is 5.87. The van der Waals surface area contributed by atoms with E-state index in [1.165, 1.54) is 6.07 Å². The fourth-order valence-corrected chi connectivity index (χ4v) is 1.35. The van der Waals surface area contributed by atoms with Crippen molar-refractivity contribution in [2.45, 2.75) is 0 Å². The van der Waals surface area contributed by atoms with E-state index in [2.05, 4.69) is 10.6 Å². The number of rotatable bonds is 7. The number of anilines is 1. The van der Waals surface area contributed by atoms with Gasteiger partial charge in [0, 0.05) is 12.2 Å². The van der Waals surface area contributed by atoms with Crippen LogP contribution in [0.2, 0.25) is 0 Å². The number of nitrogens with two attached hydrogens (primary N) is 1. The molecule has 0 spiro atoms. The predicted molar refractivity (Wildman–Crippen MR) is 70.4 cm³/mol. The van der Waals surface area contributed by atoms with Crippen LogP contribution in [0, 0.1) is 5.82 Å². The predicted octanol–water partition coefficient (Wildman–Crippen LogP) is 0.147. The number of carboxylic acid groups (broad SMARTS) is 1. The quantitative estimate of drug-likeness (QED) is 0.532. The molecule has 0 heterocycles. The summed E-state index contributed by atoms with van der Waals surface area (Å²) in [6.45, 7) is -0.0390. The van der Waals surface area contributed by atoms with E-state index in [0.717, 1.165) is 12.1 Å². The first-order chi connectivity index (χ1) is 9.90. The molecule has 8 nitrogen and oxygen atoms in total. The van der Waals surface area contributed by atoms with Crippen molar-refractivity contribution >= 4 is 23.6 Å². The van der Waals surface area contributed by atoms with Crippen molar-refractivity contribution in [3.05, 3.63) is 29.6 Å². The van der Waals surface area contributed by atoms with E-state index in [1.54, 1.807) is 0 Å². The summed E-state index contributed by atoms with van der Waals surface area (Å²) < 4.78 is 18.2. The van der Waals surface area contributed by atoms with Crippen molar-refractivity contribution in [1.29, 1.82) is 0 Å². The third-order valence-electron chi connectivity index (χ3n) is 2.23. The minimum atomic E-state index is -1.39. The second-order valence-corrected chi connectivity index (χ2v) is 3.90. The number of hydrogen-bond acceptors (Lipinski definition) is 4. The second kappa shape index (κ2) is 7.80. The van der Waals surface area contributed by atoms with Crippen molar-refractivity contribution in [3.8, 4) is 0 Å². The maximum absolute atomic E-state index is 13.4. The van der Waals surface area contributed by atoms with Crippen molar-refractivity contribution in [2.24, 2.45) is 5.73 Å². The number of primary amides is 1. The Kier molecular flexibility index (Phi) is 6.08. The molecule has 0 aromatic heterocycles. The van der Waals surface area contributed by atoms with Crippen molar-refractivity contribution in [3.63, 3.8) is 0 Å². The molecule has 5 N–H and O–H groups in total. The number of aromatic carboxylic acids is 1. The van der Waals surface area contributed by atoms with Crippen LogP contribution in [0.3, 0.4) is 0 Å². The Balaban J connectivity index is 2.39. The fraction of sp³-hybridized carbons (Fsp3) is 0.250. The molecule has 9 heteroatoms. The molecule has 0 fully saturated rings. The lowest BCUT2D eigenvalue weighted by Gasteiger charge is -2.08.